The van der Waals surface area contributed by atoms with Crippen LogP contribution in [-0.2, 0) is 17.6 Å². The summed E-state index contributed by atoms with van der Waals surface area (Å²) in [5.74, 6) is 0.433. The van der Waals surface area contributed by atoms with Crippen LogP contribution >= 0.6 is 0 Å². The van der Waals surface area contributed by atoms with Crippen molar-refractivity contribution in [2.24, 2.45) is 5.41 Å². The van der Waals surface area contributed by atoms with Crippen molar-refractivity contribution in [3.05, 3.63) is 47.0 Å². The number of ether oxygens (including phenoxy) is 1. The molecule has 122 valence electrons. The van der Waals surface area contributed by atoms with Gasteiger partial charge in [-0.2, -0.15) is 0 Å². The van der Waals surface area contributed by atoms with E-state index in [9.17, 15) is 4.79 Å². The molecule has 1 aromatic rings. The van der Waals surface area contributed by atoms with Gasteiger partial charge in [-0.1, -0.05) is 43.5 Å². The molecule has 0 N–H and O–H groups in total. The largest absolute Gasteiger partial charge is 0.374 e. The summed E-state index contributed by atoms with van der Waals surface area (Å²) in [7, 11) is 0. The van der Waals surface area contributed by atoms with E-state index >= 15 is 0 Å². The Hall–Kier alpha value is -1.41. The normalized spacial score (nSPS) is 25.7. The summed E-state index contributed by atoms with van der Waals surface area (Å²) in [6, 6.07) is 6.61. The second-order valence-corrected chi connectivity index (χ2v) is 7.50. The van der Waals surface area contributed by atoms with Gasteiger partial charge in [0.2, 0.25) is 0 Å². The van der Waals surface area contributed by atoms with Crippen LogP contribution in [0.25, 0.3) is 0 Å². The summed E-state index contributed by atoms with van der Waals surface area (Å²) >= 11 is 0. The highest BCUT2D eigenvalue weighted by molar-refractivity contribution is 6.05. The maximum atomic E-state index is 13.0. The second kappa shape index (κ2) is 6.24. The van der Waals surface area contributed by atoms with Crippen molar-refractivity contribution < 1.29 is 9.53 Å². The Morgan fingerprint density at radius 2 is 2.04 bits per heavy atom. The molecule has 4 rings (SSSR count). The van der Waals surface area contributed by atoms with Crippen LogP contribution in [0, 0.1) is 5.41 Å². The lowest BCUT2D eigenvalue weighted by molar-refractivity contribution is 0.0745. The lowest BCUT2D eigenvalue weighted by Crippen LogP contribution is -2.30. The van der Waals surface area contributed by atoms with E-state index in [4.69, 9.17) is 4.74 Å². The zero-order valence-corrected chi connectivity index (χ0v) is 13.9. The monoisotopic (exact) mass is 310 g/mol. The van der Waals surface area contributed by atoms with Gasteiger partial charge < -0.3 is 4.74 Å². The number of Topliss-reactive ketones (excluding diaryl/α,β-unsaturated/α-hetero) is 1. The minimum absolute atomic E-state index is 0.0472. The summed E-state index contributed by atoms with van der Waals surface area (Å²) < 4.78 is 5.75. The molecule has 2 aliphatic carbocycles. The maximum Gasteiger partial charge on any atom is 0.169 e. The maximum absolute atomic E-state index is 13.0. The first-order chi connectivity index (χ1) is 11.3. The molecule has 1 heterocycles. The number of carbonyl (C=O) groups excluding carboxylic acids is 1. The lowest BCUT2D eigenvalue weighted by Gasteiger charge is -2.31. The van der Waals surface area contributed by atoms with E-state index in [1.165, 1.54) is 30.4 Å². The minimum atomic E-state index is -0.0472. The first-order valence-electron chi connectivity index (χ1n) is 9.22. The Kier molecular flexibility index (Phi) is 4.11. The number of hydrogen-bond acceptors (Lipinski definition) is 2. The molecule has 1 aliphatic heterocycles. The van der Waals surface area contributed by atoms with E-state index in [-0.39, 0.29) is 11.5 Å². The number of ketones is 1. The van der Waals surface area contributed by atoms with E-state index < -0.39 is 0 Å². The van der Waals surface area contributed by atoms with Crippen LogP contribution < -0.4 is 0 Å². The molecule has 2 heteroatoms. The van der Waals surface area contributed by atoms with E-state index in [0.29, 0.717) is 5.78 Å². The fourth-order valence-corrected chi connectivity index (χ4v) is 4.59. The van der Waals surface area contributed by atoms with Crippen molar-refractivity contribution >= 4 is 5.78 Å². The molecule has 1 aromatic carbocycles. The smallest absolute Gasteiger partial charge is 0.169 e. The third-order valence-corrected chi connectivity index (χ3v) is 5.92. The van der Waals surface area contributed by atoms with Crippen molar-refractivity contribution in [3.63, 3.8) is 0 Å². The molecule has 0 bridgehead atoms. The fourth-order valence-electron chi connectivity index (χ4n) is 4.59. The number of aryl methyl sites for hydroxylation is 1. The molecule has 0 amide bonds. The predicted molar refractivity (Wildman–Crippen MR) is 91.8 cm³/mol. The van der Waals surface area contributed by atoms with Gasteiger partial charge in [0.25, 0.3) is 0 Å². The molecule has 0 aromatic heterocycles. The number of carbonyl (C=O) groups is 1. The highest BCUT2D eigenvalue weighted by Gasteiger charge is 2.45. The van der Waals surface area contributed by atoms with E-state index in [1.807, 2.05) is 0 Å². The summed E-state index contributed by atoms with van der Waals surface area (Å²) in [6.07, 6.45) is 14.6. The van der Waals surface area contributed by atoms with Crippen molar-refractivity contribution in [2.75, 3.05) is 6.61 Å². The van der Waals surface area contributed by atoms with E-state index in [2.05, 4.69) is 30.4 Å². The first-order valence-corrected chi connectivity index (χ1v) is 9.22. The molecule has 0 radical (unpaired) electrons. The van der Waals surface area contributed by atoms with Crippen LogP contribution in [0.4, 0.5) is 0 Å². The molecule has 1 spiro atoms. The molecule has 0 saturated heterocycles. The SMILES string of the molecule is O=C1c2cc(CCC3C=CCCO3)ccc2CC12CCCCC2. The first kappa shape index (κ1) is 15.1. The van der Waals surface area contributed by atoms with Gasteiger partial charge in [-0.05, 0) is 55.7 Å². The van der Waals surface area contributed by atoms with Gasteiger partial charge in [-0.3, -0.25) is 4.79 Å². The Balaban J connectivity index is 1.48. The van der Waals surface area contributed by atoms with Crippen LogP contribution in [0.15, 0.2) is 30.4 Å². The van der Waals surface area contributed by atoms with Crippen molar-refractivity contribution in [1.29, 1.82) is 0 Å². The molecule has 23 heavy (non-hydrogen) atoms. The standard InChI is InChI=1S/C21H26O2/c22-20-19-14-16(8-10-18-6-2-5-13-23-18)7-9-17(19)15-21(20)11-3-1-4-12-21/h2,6-7,9,14,18H,1,3-5,8,10-13,15H2. The molecular weight excluding hydrogens is 284 g/mol. The Morgan fingerprint density at radius 3 is 2.83 bits per heavy atom. The van der Waals surface area contributed by atoms with Crippen LogP contribution in [0.3, 0.4) is 0 Å². The number of hydrogen-bond donors (Lipinski definition) is 0. The number of benzene rings is 1. The average Bonchev–Trinajstić information content (AvgIpc) is 2.86. The third-order valence-electron chi connectivity index (χ3n) is 5.92. The number of rotatable bonds is 3. The Bertz CT molecular complexity index is 623. The Labute approximate surface area is 138 Å². The molecular formula is C21H26O2. The Morgan fingerprint density at radius 1 is 1.17 bits per heavy atom. The molecule has 1 saturated carbocycles. The lowest BCUT2D eigenvalue weighted by atomic mass is 9.71. The molecule has 1 fully saturated rings. The van der Waals surface area contributed by atoms with Crippen molar-refractivity contribution in [1.82, 2.24) is 0 Å². The van der Waals surface area contributed by atoms with Crippen LogP contribution in [0.5, 0.6) is 0 Å². The average molecular weight is 310 g/mol. The zero-order valence-electron chi connectivity index (χ0n) is 13.9. The van der Waals surface area contributed by atoms with Crippen LogP contribution in [0.1, 0.15) is 66.4 Å². The van der Waals surface area contributed by atoms with Gasteiger partial charge >= 0.3 is 0 Å². The third kappa shape index (κ3) is 2.89. The fraction of sp³-hybridized carbons (Fsp3) is 0.571. The summed E-state index contributed by atoms with van der Waals surface area (Å²) in [5, 5.41) is 0. The second-order valence-electron chi connectivity index (χ2n) is 7.50. The van der Waals surface area contributed by atoms with Gasteiger partial charge in [0.05, 0.1) is 12.7 Å². The highest BCUT2D eigenvalue weighted by atomic mass is 16.5. The molecule has 3 aliphatic rings. The predicted octanol–water partition coefficient (Wildman–Crippen LogP) is 4.65. The van der Waals surface area contributed by atoms with Gasteiger partial charge in [-0.15, -0.1) is 0 Å². The topological polar surface area (TPSA) is 26.3 Å². The summed E-state index contributed by atoms with van der Waals surface area (Å²) in [5.41, 5.74) is 3.54. The van der Waals surface area contributed by atoms with Crippen LogP contribution in [0.2, 0.25) is 0 Å². The van der Waals surface area contributed by atoms with Gasteiger partial charge in [0.15, 0.2) is 5.78 Å². The number of fused-ring (bicyclic) bond motifs is 1. The van der Waals surface area contributed by atoms with Gasteiger partial charge in [0.1, 0.15) is 0 Å². The minimum Gasteiger partial charge on any atom is -0.374 e. The zero-order chi connectivity index (χ0) is 15.7. The quantitative estimate of drug-likeness (QED) is 0.759. The van der Waals surface area contributed by atoms with Gasteiger partial charge in [0, 0.05) is 11.0 Å². The van der Waals surface area contributed by atoms with E-state index in [1.54, 1.807) is 0 Å². The van der Waals surface area contributed by atoms with Crippen LogP contribution in [-0.4, -0.2) is 18.5 Å². The van der Waals surface area contributed by atoms with Crippen molar-refractivity contribution in [2.45, 2.75) is 63.9 Å². The molecule has 2 nitrogen and oxygen atoms in total. The van der Waals surface area contributed by atoms with Crippen molar-refractivity contribution in [3.8, 4) is 0 Å². The highest BCUT2D eigenvalue weighted by Crippen LogP contribution is 2.47. The summed E-state index contributed by atoms with van der Waals surface area (Å²) in [4.78, 5) is 13.0. The van der Waals surface area contributed by atoms with Gasteiger partial charge in [-0.25, -0.2) is 0 Å². The van der Waals surface area contributed by atoms with E-state index in [0.717, 1.165) is 50.7 Å². The summed E-state index contributed by atoms with van der Waals surface area (Å²) in [6.45, 7) is 0.840. The molecule has 1 atom stereocenters. The molecule has 1 unspecified atom stereocenters.